The number of aryl methyl sites for hydroxylation is 1. The van der Waals surface area contributed by atoms with E-state index in [0.29, 0.717) is 12.1 Å². The lowest BCUT2D eigenvalue weighted by atomic mass is 9.48. The van der Waals surface area contributed by atoms with Crippen molar-refractivity contribution in [2.24, 2.45) is 17.8 Å². The highest BCUT2D eigenvalue weighted by Crippen LogP contribution is 2.60. The fourth-order valence-corrected chi connectivity index (χ4v) is 9.79. The van der Waals surface area contributed by atoms with E-state index in [-0.39, 0.29) is 23.9 Å². The third-order valence-electron chi connectivity index (χ3n) is 11.2. The van der Waals surface area contributed by atoms with Crippen molar-refractivity contribution >= 4 is 27.5 Å². The zero-order valence-corrected chi connectivity index (χ0v) is 29.7. The molecule has 4 bridgehead atoms. The van der Waals surface area contributed by atoms with E-state index in [2.05, 4.69) is 17.4 Å². The molecule has 0 radical (unpaired) electrons. The summed E-state index contributed by atoms with van der Waals surface area (Å²) in [6, 6.07) is 24.6. The lowest BCUT2D eigenvalue weighted by Gasteiger charge is -2.57. The van der Waals surface area contributed by atoms with Gasteiger partial charge in [0.25, 0.3) is 0 Å². The third kappa shape index (κ3) is 7.64. The monoisotopic (exact) mass is 669 g/mol. The van der Waals surface area contributed by atoms with Gasteiger partial charge in [-0.2, -0.15) is 0 Å². The van der Waals surface area contributed by atoms with E-state index in [1.54, 1.807) is 4.90 Å². The van der Waals surface area contributed by atoms with Gasteiger partial charge in [0.2, 0.25) is 21.8 Å². The molecular formula is C40H51N3O4S. The molecule has 0 aliphatic heterocycles. The van der Waals surface area contributed by atoms with Crippen LogP contribution in [0, 0.1) is 24.7 Å². The van der Waals surface area contributed by atoms with Gasteiger partial charge in [0.05, 0.1) is 11.9 Å². The molecule has 4 fully saturated rings. The molecule has 7 rings (SSSR count). The molecule has 0 aromatic heterocycles. The first-order valence-corrected chi connectivity index (χ1v) is 19.5. The van der Waals surface area contributed by atoms with Crippen molar-refractivity contribution in [1.82, 2.24) is 10.2 Å². The minimum Gasteiger partial charge on any atom is -0.352 e. The Morgan fingerprint density at radius 1 is 0.854 bits per heavy atom. The molecule has 8 heteroatoms. The molecule has 2 atom stereocenters. The predicted molar refractivity (Wildman–Crippen MR) is 192 cm³/mol. The molecule has 0 spiro atoms. The number of nitrogens with one attached hydrogen (secondary N) is 1. The van der Waals surface area contributed by atoms with E-state index < -0.39 is 28.5 Å². The summed E-state index contributed by atoms with van der Waals surface area (Å²) < 4.78 is 27.9. The van der Waals surface area contributed by atoms with Crippen molar-refractivity contribution < 1.29 is 18.0 Å². The Balaban J connectivity index is 1.30. The number of amides is 2. The summed E-state index contributed by atoms with van der Waals surface area (Å²) in [4.78, 5) is 30.0. The standard InChI is InChI=1S/C40H51N3O4S/c1-5-29(3)41-39(45)37(22-30-9-7-6-8-10-30)42(26-31-13-11-28(2)12-14-31)38(44)27-43(48(4,46)47)36-17-15-35(16-18-36)40-23-32-19-33(24-40)21-34(20-32)25-40/h6-18,29,32-34,37H,5,19-27H2,1-4H3,(H,41,45). The molecule has 3 aromatic carbocycles. The van der Waals surface area contributed by atoms with Crippen LogP contribution in [0.3, 0.4) is 0 Å². The van der Waals surface area contributed by atoms with Gasteiger partial charge in [-0.05, 0) is 111 Å². The van der Waals surface area contributed by atoms with Crippen LogP contribution >= 0.6 is 0 Å². The summed E-state index contributed by atoms with van der Waals surface area (Å²) >= 11 is 0. The summed E-state index contributed by atoms with van der Waals surface area (Å²) in [5.74, 6) is 1.75. The summed E-state index contributed by atoms with van der Waals surface area (Å²) in [5, 5.41) is 3.09. The van der Waals surface area contributed by atoms with Crippen LogP contribution in [0.1, 0.15) is 81.0 Å². The molecule has 256 valence electrons. The van der Waals surface area contributed by atoms with Crippen molar-refractivity contribution in [3.63, 3.8) is 0 Å². The molecule has 0 saturated heterocycles. The first kappa shape index (κ1) is 34.2. The summed E-state index contributed by atoms with van der Waals surface area (Å²) in [6.07, 6.45) is 9.96. The molecule has 0 heterocycles. The number of rotatable bonds is 13. The van der Waals surface area contributed by atoms with E-state index in [4.69, 9.17) is 0 Å². The largest absolute Gasteiger partial charge is 0.352 e. The Bertz CT molecular complexity index is 1650. The predicted octanol–water partition coefficient (Wildman–Crippen LogP) is 6.78. The maximum atomic E-state index is 14.5. The van der Waals surface area contributed by atoms with Gasteiger partial charge in [0.15, 0.2) is 0 Å². The quantitative estimate of drug-likeness (QED) is 0.217. The number of carbonyl (C=O) groups excluding carboxylic acids is 2. The molecule has 4 aliphatic rings. The molecule has 3 aromatic rings. The second kappa shape index (κ2) is 14.1. The van der Waals surface area contributed by atoms with E-state index in [9.17, 15) is 18.0 Å². The Kier molecular flexibility index (Phi) is 10.0. The van der Waals surface area contributed by atoms with Gasteiger partial charge < -0.3 is 10.2 Å². The molecule has 1 N–H and O–H groups in total. The summed E-state index contributed by atoms with van der Waals surface area (Å²) in [6.45, 7) is 5.73. The number of anilines is 1. The Morgan fingerprint density at radius 3 is 1.98 bits per heavy atom. The number of hydrogen-bond acceptors (Lipinski definition) is 4. The van der Waals surface area contributed by atoms with Gasteiger partial charge in [-0.25, -0.2) is 8.42 Å². The van der Waals surface area contributed by atoms with Crippen LogP contribution in [0.15, 0.2) is 78.9 Å². The zero-order valence-electron chi connectivity index (χ0n) is 28.9. The topological polar surface area (TPSA) is 86.8 Å². The van der Waals surface area contributed by atoms with Crippen molar-refractivity contribution in [3.8, 4) is 0 Å². The van der Waals surface area contributed by atoms with E-state index in [1.165, 1.54) is 48.4 Å². The Labute approximate surface area is 287 Å². The van der Waals surface area contributed by atoms with Gasteiger partial charge in [0, 0.05) is 19.0 Å². The third-order valence-corrected chi connectivity index (χ3v) is 12.4. The van der Waals surface area contributed by atoms with Crippen molar-refractivity contribution in [2.75, 3.05) is 17.1 Å². The lowest BCUT2D eigenvalue weighted by Crippen LogP contribution is -2.54. The Hall–Kier alpha value is -3.65. The molecule has 48 heavy (non-hydrogen) atoms. The fraction of sp³-hybridized carbons (Fsp3) is 0.500. The molecule has 2 unspecified atom stereocenters. The van der Waals surface area contributed by atoms with E-state index >= 15 is 0 Å². The molecule has 4 saturated carbocycles. The average Bonchev–Trinajstić information content (AvgIpc) is 3.05. The highest BCUT2D eigenvalue weighted by molar-refractivity contribution is 7.92. The number of benzene rings is 3. The molecule has 2 amide bonds. The maximum absolute atomic E-state index is 14.5. The van der Waals surface area contributed by atoms with Crippen LogP contribution in [0.2, 0.25) is 0 Å². The van der Waals surface area contributed by atoms with E-state index in [0.717, 1.165) is 47.1 Å². The highest BCUT2D eigenvalue weighted by atomic mass is 32.2. The maximum Gasteiger partial charge on any atom is 0.244 e. The molecule has 7 nitrogen and oxygen atoms in total. The van der Waals surface area contributed by atoms with Gasteiger partial charge in [-0.3, -0.25) is 13.9 Å². The molecular weight excluding hydrogens is 619 g/mol. The second-order valence-corrected chi connectivity index (χ2v) is 17.0. The summed E-state index contributed by atoms with van der Waals surface area (Å²) in [7, 11) is -3.83. The van der Waals surface area contributed by atoms with Crippen molar-refractivity contribution in [1.29, 1.82) is 0 Å². The van der Waals surface area contributed by atoms with Gasteiger partial charge >= 0.3 is 0 Å². The van der Waals surface area contributed by atoms with Crippen molar-refractivity contribution in [3.05, 3.63) is 101 Å². The van der Waals surface area contributed by atoms with Crippen LogP contribution in [0.4, 0.5) is 5.69 Å². The van der Waals surface area contributed by atoms with Crippen molar-refractivity contribution in [2.45, 2.75) is 96.2 Å². The lowest BCUT2D eigenvalue weighted by molar-refractivity contribution is -0.140. The average molecular weight is 670 g/mol. The van der Waals surface area contributed by atoms with Crippen LogP contribution in [0.25, 0.3) is 0 Å². The number of nitrogens with zero attached hydrogens (tertiary/aromatic N) is 2. The van der Waals surface area contributed by atoms with Crippen LogP contribution in [-0.2, 0) is 38.0 Å². The smallest absolute Gasteiger partial charge is 0.244 e. The first-order valence-electron chi connectivity index (χ1n) is 17.7. The molecule has 4 aliphatic carbocycles. The van der Waals surface area contributed by atoms with Gasteiger partial charge in [-0.1, -0.05) is 79.2 Å². The number of hydrogen-bond donors (Lipinski definition) is 1. The minimum atomic E-state index is -3.83. The van der Waals surface area contributed by atoms with Crippen LogP contribution in [-0.4, -0.2) is 50.0 Å². The van der Waals surface area contributed by atoms with Gasteiger partial charge in [-0.15, -0.1) is 0 Å². The normalized spacial score (nSPS) is 24.1. The number of carbonyl (C=O) groups is 2. The fourth-order valence-electron chi connectivity index (χ4n) is 8.94. The summed E-state index contributed by atoms with van der Waals surface area (Å²) in [5.41, 5.74) is 4.84. The van der Waals surface area contributed by atoms with Gasteiger partial charge in [0.1, 0.15) is 12.6 Å². The minimum absolute atomic E-state index is 0.0768. The highest BCUT2D eigenvalue weighted by Gasteiger charge is 2.51. The number of sulfonamides is 1. The van der Waals surface area contributed by atoms with E-state index in [1.807, 2.05) is 87.5 Å². The second-order valence-electron chi connectivity index (χ2n) is 15.0. The Morgan fingerprint density at radius 2 is 1.44 bits per heavy atom. The zero-order chi connectivity index (χ0) is 34.1. The van der Waals surface area contributed by atoms with Crippen LogP contribution < -0.4 is 9.62 Å². The SMILES string of the molecule is CCC(C)NC(=O)C(Cc1ccccc1)N(Cc1ccc(C)cc1)C(=O)CN(c1ccc(C23CC4CC(CC(C4)C2)C3)cc1)S(C)(=O)=O. The van der Waals surface area contributed by atoms with Crippen LogP contribution in [0.5, 0.6) is 0 Å². The first-order chi connectivity index (χ1) is 22.9.